The molecular formula is C23H26N4O2. The van der Waals surface area contributed by atoms with E-state index in [2.05, 4.69) is 27.5 Å². The van der Waals surface area contributed by atoms with Gasteiger partial charge in [0.15, 0.2) is 5.82 Å². The van der Waals surface area contributed by atoms with E-state index in [1.54, 1.807) is 18.2 Å². The van der Waals surface area contributed by atoms with Gasteiger partial charge in [-0.3, -0.25) is 0 Å². The van der Waals surface area contributed by atoms with Crippen LogP contribution in [0.25, 0.3) is 22.0 Å². The summed E-state index contributed by atoms with van der Waals surface area (Å²) in [5.74, 6) is 1.17. The zero-order valence-electron chi connectivity index (χ0n) is 16.5. The first-order valence-electron chi connectivity index (χ1n) is 10.4. The van der Waals surface area contributed by atoms with Crippen molar-refractivity contribution in [1.82, 2.24) is 15.5 Å². The SMILES string of the molecule is CN(c1ccc(-c2cc3ccc(O)cc3cc2O)nn1)[C@@H]1C[C@H]2CCC[C@@H](C1)N2. The van der Waals surface area contributed by atoms with E-state index in [0.29, 0.717) is 29.4 Å². The zero-order valence-corrected chi connectivity index (χ0v) is 16.5. The quantitative estimate of drug-likeness (QED) is 0.631. The van der Waals surface area contributed by atoms with Crippen molar-refractivity contribution < 1.29 is 10.2 Å². The van der Waals surface area contributed by atoms with Crippen molar-refractivity contribution in [3.05, 3.63) is 42.5 Å². The van der Waals surface area contributed by atoms with E-state index < -0.39 is 0 Å². The van der Waals surface area contributed by atoms with E-state index in [-0.39, 0.29) is 11.5 Å². The van der Waals surface area contributed by atoms with E-state index in [1.807, 2.05) is 24.3 Å². The van der Waals surface area contributed by atoms with Gasteiger partial charge in [0.25, 0.3) is 0 Å². The molecule has 2 aromatic carbocycles. The maximum atomic E-state index is 10.5. The first kappa shape index (κ1) is 18.2. The number of benzene rings is 2. The summed E-state index contributed by atoms with van der Waals surface area (Å²) in [5.41, 5.74) is 1.28. The molecule has 6 nitrogen and oxygen atoms in total. The Balaban J connectivity index is 1.39. The topological polar surface area (TPSA) is 81.5 Å². The zero-order chi connectivity index (χ0) is 20.0. The van der Waals surface area contributed by atoms with Crippen molar-refractivity contribution in [2.45, 2.75) is 50.2 Å². The van der Waals surface area contributed by atoms with Crippen molar-refractivity contribution in [2.24, 2.45) is 0 Å². The lowest BCUT2D eigenvalue weighted by Gasteiger charge is -2.43. The third-order valence-corrected chi connectivity index (χ3v) is 6.46. The summed E-state index contributed by atoms with van der Waals surface area (Å²) < 4.78 is 0. The van der Waals surface area contributed by atoms with Gasteiger partial charge in [-0.1, -0.05) is 12.5 Å². The Morgan fingerprint density at radius 3 is 2.45 bits per heavy atom. The predicted octanol–water partition coefficient (Wildman–Crippen LogP) is 3.82. The maximum Gasteiger partial charge on any atom is 0.151 e. The number of hydrogen-bond donors (Lipinski definition) is 3. The minimum atomic E-state index is 0.129. The van der Waals surface area contributed by atoms with Crippen molar-refractivity contribution in [3.8, 4) is 22.8 Å². The van der Waals surface area contributed by atoms with Crippen LogP contribution in [0, 0.1) is 0 Å². The average molecular weight is 390 g/mol. The summed E-state index contributed by atoms with van der Waals surface area (Å²) in [4.78, 5) is 2.26. The molecule has 1 aromatic heterocycles. The van der Waals surface area contributed by atoms with E-state index >= 15 is 0 Å². The number of aromatic nitrogens is 2. The molecular weight excluding hydrogens is 364 g/mol. The Hall–Kier alpha value is -2.86. The number of phenolic OH excluding ortho intramolecular Hbond substituents is 2. The Morgan fingerprint density at radius 2 is 1.72 bits per heavy atom. The van der Waals surface area contributed by atoms with Crippen molar-refractivity contribution in [2.75, 3.05) is 11.9 Å². The average Bonchev–Trinajstić information content (AvgIpc) is 2.72. The molecule has 2 saturated heterocycles. The standard InChI is InChI=1S/C23H26N4O2/c1-27(18-12-16-3-2-4-17(13-18)24-16)23-8-7-21(25-26-23)20-10-14-5-6-19(28)9-15(14)11-22(20)29/h5-11,16-18,24,28-29H,2-4,12-13H2,1H3/t16-,17+,18-. The Kier molecular flexibility index (Phi) is 4.51. The normalized spacial score (nSPS) is 23.8. The van der Waals surface area contributed by atoms with Gasteiger partial charge < -0.3 is 20.4 Å². The van der Waals surface area contributed by atoms with E-state index in [0.717, 1.165) is 29.4 Å². The molecule has 29 heavy (non-hydrogen) atoms. The van der Waals surface area contributed by atoms with Gasteiger partial charge >= 0.3 is 0 Å². The minimum absolute atomic E-state index is 0.129. The van der Waals surface area contributed by atoms with Crippen molar-refractivity contribution in [1.29, 1.82) is 0 Å². The molecule has 0 unspecified atom stereocenters. The third-order valence-electron chi connectivity index (χ3n) is 6.46. The summed E-state index contributed by atoms with van der Waals surface area (Å²) in [6, 6.07) is 14.3. The first-order valence-corrected chi connectivity index (χ1v) is 10.4. The number of fused-ring (bicyclic) bond motifs is 3. The number of piperidine rings is 2. The monoisotopic (exact) mass is 390 g/mol. The number of anilines is 1. The molecule has 0 radical (unpaired) electrons. The van der Waals surface area contributed by atoms with Crippen LogP contribution < -0.4 is 10.2 Å². The van der Waals surface area contributed by atoms with Crippen LogP contribution in [0.1, 0.15) is 32.1 Å². The molecule has 2 aliphatic rings. The summed E-state index contributed by atoms with van der Waals surface area (Å²) >= 11 is 0. The highest BCUT2D eigenvalue weighted by Crippen LogP contribution is 2.34. The second-order valence-electron chi connectivity index (χ2n) is 8.41. The summed E-state index contributed by atoms with van der Waals surface area (Å²) in [6.07, 6.45) is 6.17. The van der Waals surface area contributed by atoms with Gasteiger partial charge in [-0.2, -0.15) is 0 Å². The maximum absolute atomic E-state index is 10.5. The van der Waals surface area contributed by atoms with Gasteiger partial charge in [-0.15, -0.1) is 10.2 Å². The molecule has 3 atom stereocenters. The Morgan fingerprint density at radius 1 is 0.931 bits per heavy atom. The van der Waals surface area contributed by atoms with E-state index in [9.17, 15) is 10.2 Å². The number of phenols is 2. The number of rotatable bonds is 3. The van der Waals surface area contributed by atoms with Crippen LogP contribution in [0.2, 0.25) is 0 Å². The highest BCUT2D eigenvalue weighted by Gasteiger charge is 2.33. The Labute approximate surface area is 170 Å². The fourth-order valence-corrected chi connectivity index (χ4v) is 4.87. The number of nitrogens with one attached hydrogen (secondary N) is 1. The number of nitrogens with zero attached hydrogens (tertiary/aromatic N) is 3. The second kappa shape index (κ2) is 7.19. The molecule has 5 rings (SSSR count). The molecule has 2 bridgehead atoms. The lowest BCUT2D eigenvalue weighted by molar-refractivity contribution is 0.219. The molecule has 0 saturated carbocycles. The molecule has 3 N–H and O–H groups in total. The lowest BCUT2D eigenvalue weighted by Crippen LogP contribution is -2.54. The van der Waals surface area contributed by atoms with Crippen LogP contribution in [-0.4, -0.2) is 45.6 Å². The third kappa shape index (κ3) is 3.49. The van der Waals surface area contributed by atoms with Gasteiger partial charge in [0.05, 0.1) is 5.69 Å². The van der Waals surface area contributed by atoms with Crippen LogP contribution in [-0.2, 0) is 0 Å². The van der Waals surface area contributed by atoms with Gasteiger partial charge in [0, 0.05) is 30.7 Å². The predicted molar refractivity (Wildman–Crippen MR) is 114 cm³/mol. The van der Waals surface area contributed by atoms with Gasteiger partial charge in [0.1, 0.15) is 11.5 Å². The number of hydrogen-bond acceptors (Lipinski definition) is 6. The van der Waals surface area contributed by atoms with Crippen LogP contribution in [0.5, 0.6) is 11.5 Å². The van der Waals surface area contributed by atoms with Crippen LogP contribution >= 0.6 is 0 Å². The summed E-state index contributed by atoms with van der Waals surface area (Å²) in [5, 5.41) is 34.4. The van der Waals surface area contributed by atoms with E-state index in [4.69, 9.17) is 0 Å². The molecule has 0 spiro atoms. The van der Waals surface area contributed by atoms with Crippen molar-refractivity contribution >= 4 is 16.6 Å². The number of aromatic hydroxyl groups is 2. The highest BCUT2D eigenvalue weighted by molar-refractivity contribution is 5.90. The largest absolute Gasteiger partial charge is 0.508 e. The highest BCUT2D eigenvalue weighted by atomic mass is 16.3. The molecule has 150 valence electrons. The second-order valence-corrected chi connectivity index (χ2v) is 8.41. The van der Waals surface area contributed by atoms with Crippen molar-refractivity contribution in [3.63, 3.8) is 0 Å². The summed E-state index contributed by atoms with van der Waals surface area (Å²) in [7, 11) is 2.11. The summed E-state index contributed by atoms with van der Waals surface area (Å²) in [6.45, 7) is 0. The fourth-order valence-electron chi connectivity index (χ4n) is 4.87. The first-order chi connectivity index (χ1) is 14.1. The van der Waals surface area contributed by atoms with Gasteiger partial charge in [-0.25, -0.2) is 0 Å². The molecule has 3 aromatic rings. The Bertz CT molecular complexity index is 1020. The van der Waals surface area contributed by atoms with Gasteiger partial charge in [0.2, 0.25) is 0 Å². The molecule has 3 heterocycles. The van der Waals surface area contributed by atoms with Crippen LogP contribution in [0.3, 0.4) is 0 Å². The smallest absolute Gasteiger partial charge is 0.151 e. The van der Waals surface area contributed by atoms with Crippen LogP contribution in [0.15, 0.2) is 42.5 Å². The fraction of sp³-hybridized carbons (Fsp3) is 0.391. The molecule has 6 heteroatoms. The molecule has 2 aliphatic heterocycles. The van der Waals surface area contributed by atoms with E-state index in [1.165, 1.54) is 19.3 Å². The van der Waals surface area contributed by atoms with Crippen LogP contribution in [0.4, 0.5) is 5.82 Å². The minimum Gasteiger partial charge on any atom is -0.508 e. The van der Waals surface area contributed by atoms with Gasteiger partial charge in [-0.05, 0) is 72.9 Å². The molecule has 0 aliphatic carbocycles. The lowest BCUT2D eigenvalue weighted by atomic mass is 9.83. The molecule has 0 amide bonds. The molecule has 2 fully saturated rings.